The van der Waals surface area contributed by atoms with Crippen LogP contribution in [0.1, 0.15) is 46.0 Å². The highest BCUT2D eigenvalue weighted by Crippen LogP contribution is 2.19. The van der Waals surface area contributed by atoms with Crippen LogP contribution in [0.3, 0.4) is 0 Å². The maximum absolute atomic E-state index is 11.6. The number of carbonyl (C=O) groups excluding carboxylic acids is 1. The van der Waals surface area contributed by atoms with Crippen LogP contribution in [-0.2, 0) is 9.53 Å². The van der Waals surface area contributed by atoms with Gasteiger partial charge in [-0.3, -0.25) is 4.79 Å². The topological polar surface area (TPSA) is 58.6 Å². The summed E-state index contributed by atoms with van der Waals surface area (Å²) in [7, 11) is 0. The molecule has 0 radical (unpaired) electrons. The number of nitrogens with one attached hydrogen (secondary N) is 1. The number of carbonyl (C=O) groups is 1. The van der Waals surface area contributed by atoms with Crippen LogP contribution in [0.5, 0.6) is 0 Å². The normalized spacial score (nSPS) is 20.5. The van der Waals surface area contributed by atoms with Crippen molar-refractivity contribution in [3.8, 4) is 0 Å². The van der Waals surface area contributed by atoms with Crippen LogP contribution in [0.25, 0.3) is 0 Å². The molecule has 4 heteroatoms. The molecule has 0 spiro atoms. The molecule has 1 aliphatic heterocycles. The van der Waals surface area contributed by atoms with Crippen LogP contribution in [0.15, 0.2) is 0 Å². The predicted octanol–water partition coefficient (Wildman–Crippen LogP) is 1.47. The number of amides is 1. The fraction of sp³-hybridized carbons (Fsp3) is 0.923. The lowest BCUT2D eigenvalue weighted by molar-refractivity contribution is -0.122. The summed E-state index contributed by atoms with van der Waals surface area (Å²) in [6.07, 6.45) is 4.57. The molecule has 1 atom stereocenters. The lowest BCUT2D eigenvalue weighted by Crippen LogP contribution is -2.34. The van der Waals surface area contributed by atoms with E-state index in [1.807, 2.05) is 13.8 Å². The Balaban J connectivity index is 2.11. The zero-order valence-electron chi connectivity index (χ0n) is 11.0. The van der Waals surface area contributed by atoms with Gasteiger partial charge in [0.05, 0.1) is 6.10 Å². The maximum atomic E-state index is 11.6. The summed E-state index contributed by atoms with van der Waals surface area (Å²) < 4.78 is 5.47. The Morgan fingerprint density at radius 2 is 2.29 bits per heavy atom. The quantitative estimate of drug-likeness (QED) is 0.712. The van der Waals surface area contributed by atoms with E-state index in [4.69, 9.17) is 9.84 Å². The van der Waals surface area contributed by atoms with E-state index in [9.17, 15) is 4.79 Å². The molecular formula is C13H25NO3. The third-order valence-corrected chi connectivity index (χ3v) is 3.27. The van der Waals surface area contributed by atoms with Gasteiger partial charge in [0.2, 0.25) is 5.91 Å². The molecule has 0 saturated carbocycles. The minimum absolute atomic E-state index is 0.0335. The summed E-state index contributed by atoms with van der Waals surface area (Å²) in [4.78, 5) is 11.6. The van der Waals surface area contributed by atoms with Crippen molar-refractivity contribution in [1.29, 1.82) is 0 Å². The third-order valence-electron chi connectivity index (χ3n) is 3.27. The predicted molar refractivity (Wildman–Crippen MR) is 66.7 cm³/mol. The largest absolute Gasteiger partial charge is 0.396 e. The van der Waals surface area contributed by atoms with E-state index in [2.05, 4.69) is 5.32 Å². The van der Waals surface area contributed by atoms with Crippen molar-refractivity contribution in [2.75, 3.05) is 19.8 Å². The lowest BCUT2D eigenvalue weighted by Gasteiger charge is -2.23. The summed E-state index contributed by atoms with van der Waals surface area (Å²) >= 11 is 0. The van der Waals surface area contributed by atoms with Gasteiger partial charge < -0.3 is 15.2 Å². The van der Waals surface area contributed by atoms with Crippen molar-refractivity contribution >= 4 is 5.91 Å². The SMILES string of the molecule is CC(C)(CCO)CNC(=O)CCC1CCCO1. The maximum Gasteiger partial charge on any atom is 0.220 e. The Labute approximate surface area is 104 Å². The molecular weight excluding hydrogens is 218 g/mol. The van der Waals surface area contributed by atoms with Crippen molar-refractivity contribution in [1.82, 2.24) is 5.32 Å². The molecule has 1 fully saturated rings. The van der Waals surface area contributed by atoms with Crippen LogP contribution < -0.4 is 5.32 Å². The van der Waals surface area contributed by atoms with Crippen LogP contribution in [0.4, 0.5) is 0 Å². The fourth-order valence-corrected chi connectivity index (χ4v) is 1.98. The van der Waals surface area contributed by atoms with Crippen LogP contribution >= 0.6 is 0 Å². The van der Waals surface area contributed by atoms with Gasteiger partial charge in [0.1, 0.15) is 0 Å². The van der Waals surface area contributed by atoms with Gasteiger partial charge in [0, 0.05) is 26.2 Å². The Bertz CT molecular complexity index is 235. The molecule has 1 amide bonds. The molecule has 0 bridgehead atoms. The van der Waals surface area contributed by atoms with E-state index < -0.39 is 0 Å². The van der Waals surface area contributed by atoms with E-state index >= 15 is 0 Å². The van der Waals surface area contributed by atoms with Gasteiger partial charge in [-0.15, -0.1) is 0 Å². The second-order valence-corrected chi connectivity index (χ2v) is 5.59. The van der Waals surface area contributed by atoms with Gasteiger partial charge in [-0.1, -0.05) is 13.8 Å². The molecule has 1 aliphatic rings. The molecule has 4 nitrogen and oxygen atoms in total. The lowest BCUT2D eigenvalue weighted by atomic mass is 9.90. The van der Waals surface area contributed by atoms with Crippen molar-refractivity contribution in [2.24, 2.45) is 5.41 Å². The highest BCUT2D eigenvalue weighted by Gasteiger charge is 2.19. The van der Waals surface area contributed by atoms with E-state index in [-0.39, 0.29) is 24.0 Å². The zero-order chi connectivity index (χ0) is 12.7. The molecule has 1 saturated heterocycles. The van der Waals surface area contributed by atoms with Crippen molar-refractivity contribution in [2.45, 2.75) is 52.1 Å². The average Bonchev–Trinajstić information content (AvgIpc) is 2.76. The van der Waals surface area contributed by atoms with Crippen molar-refractivity contribution in [3.05, 3.63) is 0 Å². The van der Waals surface area contributed by atoms with Gasteiger partial charge in [0.15, 0.2) is 0 Å². The molecule has 1 rings (SSSR count). The Hall–Kier alpha value is -0.610. The first-order valence-corrected chi connectivity index (χ1v) is 6.53. The van der Waals surface area contributed by atoms with Crippen LogP contribution in [0, 0.1) is 5.41 Å². The Morgan fingerprint density at radius 1 is 1.53 bits per heavy atom. The molecule has 1 unspecified atom stereocenters. The van der Waals surface area contributed by atoms with Crippen molar-refractivity contribution < 1.29 is 14.6 Å². The second-order valence-electron chi connectivity index (χ2n) is 5.59. The Kier molecular flexibility index (Phi) is 5.92. The first-order valence-electron chi connectivity index (χ1n) is 6.53. The number of hydrogen-bond acceptors (Lipinski definition) is 3. The second kappa shape index (κ2) is 6.97. The average molecular weight is 243 g/mol. The summed E-state index contributed by atoms with van der Waals surface area (Å²) in [6, 6.07) is 0. The fourth-order valence-electron chi connectivity index (χ4n) is 1.98. The minimum Gasteiger partial charge on any atom is -0.396 e. The number of aliphatic hydroxyl groups excluding tert-OH is 1. The van der Waals surface area contributed by atoms with Gasteiger partial charge in [-0.05, 0) is 31.1 Å². The molecule has 2 N–H and O–H groups in total. The summed E-state index contributed by atoms with van der Waals surface area (Å²) in [5, 5.41) is 11.8. The third kappa shape index (κ3) is 6.03. The van der Waals surface area contributed by atoms with Crippen LogP contribution in [-0.4, -0.2) is 36.9 Å². The summed E-state index contributed by atoms with van der Waals surface area (Å²) in [6.45, 7) is 5.72. The van der Waals surface area contributed by atoms with Gasteiger partial charge in [-0.25, -0.2) is 0 Å². The molecule has 0 aromatic carbocycles. The van der Waals surface area contributed by atoms with Crippen LogP contribution in [0.2, 0.25) is 0 Å². The Morgan fingerprint density at radius 3 is 2.88 bits per heavy atom. The smallest absolute Gasteiger partial charge is 0.220 e. The molecule has 0 aliphatic carbocycles. The number of aliphatic hydroxyl groups is 1. The van der Waals surface area contributed by atoms with Crippen molar-refractivity contribution in [3.63, 3.8) is 0 Å². The first kappa shape index (κ1) is 14.5. The highest BCUT2D eigenvalue weighted by atomic mass is 16.5. The minimum atomic E-state index is -0.0335. The monoisotopic (exact) mass is 243 g/mol. The molecule has 0 aromatic rings. The number of ether oxygens (including phenoxy) is 1. The summed E-state index contributed by atoms with van der Waals surface area (Å²) in [5.41, 5.74) is -0.0335. The van der Waals surface area contributed by atoms with E-state index in [0.29, 0.717) is 19.4 Å². The molecule has 100 valence electrons. The molecule has 1 heterocycles. The van der Waals surface area contributed by atoms with Gasteiger partial charge >= 0.3 is 0 Å². The zero-order valence-corrected chi connectivity index (χ0v) is 11.0. The van der Waals surface area contributed by atoms with E-state index in [1.54, 1.807) is 0 Å². The van der Waals surface area contributed by atoms with E-state index in [1.165, 1.54) is 0 Å². The number of hydrogen-bond donors (Lipinski definition) is 2. The molecule has 17 heavy (non-hydrogen) atoms. The summed E-state index contributed by atoms with van der Waals surface area (Å²) in [5.74, 6) is 0.0894. The standard InChI is InChI=1S/C13H25NO3/c1-13(2,7-8-15)10-14-12(16)6-5-11-4-3-9-17-11/h11,15H,3-10H2,1-2H3,(H,14,16). The van der Waals surface area contributed by atoms with Gasteiger partial charge in [-0.2, -0.15) is 0 Å². The van der Waals surface area contributed by atoms with E-state index in [0.717, 1.165) is 25.9 Å². The molecule has 0 aromatic heterocycles. The number of rotatable bonds is 7. The van der Waals surface area contributed by atoms with Gasteiger partial charge in [0.25, 0.3) is 0 Å². The first-order chi connectivity index (χ1) is 8.03. The highest BCUT2D eigenvalue weighted by molar-refractivity contribution is 5.75.